The highest BCUT2D eigenvalue weighted by Crippen LogP contribution is 2.36. The maximum atomic E-state index is 13.5. The molecule has 6 heteroatoms. The molecule has 0 aliphatic heterocycles. The number of aromatic nitrogens is 2. The number of pyridine rings is 1. The molecule has 0 atom stereocenters. The minimum absolute atomic E-state index is 0.225. The van der Waals surface area contributed by atoms with Crippen LogP contribution in [0.25, 0.3) is 33.6 Å². The quantitative estimate of drug-likeness (QED) is 0.166. The Bertz CT molecular complexity index is 1190. The fourth-order valence-electron chi connectivity index (χ4n) is 3.55. The predicted octanol–water partition coefficient (Wildman–Crippen LogP) is 6.99. The number of aromatic amines is 1. The zero-order valence-corrected chi connectivity index (χ0v) is 19.2. The number of nitrogens with one attached hydrogen (secondary N) is 1. The second kappa shape index (κ2) is 11.0. The number of carbonyl (C=O) groups excluding carboxylic acids is 1. The second-order valence-electron chi connectivity index (χ2n) is 7.63. The number of hydrogen-bond donors (Lipinski definition) is 1. The molecule has 0 aliphatic rings. The van der Waals surface area contributed by atoms with Crippen molar-refractivity contribution in [3.63, 3.8) is 0 Å². The van der Waals surface area contributed by atoms with E-state index in [2.05, 4.69) is 40.3 Å². The van der Waals surface area contributed by atoms with Gasteiger partial charge >= 0.3 is 5.97 Å². The van der Waals surface area contributed by atoms with Crippen LogP contribution in [0.3, 0.4) is 0 Å². The topological polar surface area (TPSA) is 55.0 Å². The van der Waals surface area contributed by atoms with Crippen molar-refractivity contribution < 1.29 is 13.9 Å². The lowest BCUT2D eigenvalue weighted by molar-refractivity contribution is -0.141. The van der Waals surface area contributed by atoms with E-state index in [0.29, 0.717) is 6.61 Å². The van der Waals surface area contributed by atoms with Crippen molar-refractivity contribution in [3.05, 3.63) is 84.9 Å². The number of carbonyl (C=O) groups is 1. The Morgan fingerprint density at radius 2 is 1.64 bits per heavy atom. The number of ether oxygens (including phenoxy) is 1. The van der Waals surface area contributed by atoms with E-state index in [1.165, 1.54) is 24.0 Å². The zero-order valence-electron chi connectivity index (χ0n) is 18.4. The summed E-state index contributed by atoms with van der Waals surface area (Å²) < 4.78 is 18.4. The zero-order chi connectivity index (χ0) is 23.0. The van der Waals surface area contributed by atoms with E-state index in [9.17, 15) is 9.18 Å². The Morgan fingerprint density at radius 3 is 2.33 bits per heavy atom. The molecule has 168 valence electrons. The summed E-state index contributed by atoms with van der Waals surface area (Å²) in [6, 6.07) is 21.1. The van der Waals surface area contributed by atoms with Crippen LogP contribution in [0.15, 0.2) is 84.0 Å². The third kappa shape index (κ3) is 6.11. The van der Waals surface area contributed by atoms with Gasteiger partial charge in [0.05, 0.1) is 12.3 Å². The molecule has 0 bridgehead atoms. The molecule has 4 aromatic rings. The molecule has 0 aliphatic carbocycles. The van der Waals surface area contributed by atoms with Crippen molar-refractivity contribution in [1.29, 1.82) is 0 Å². The summed E-state index contributed by atoms with van der Waals surface area (Å²) in [6.45, 7) is 1.92. The van der Waals surface area contributed by atoms with E-state index in [1.807, 2.05) is 12.1 Å². The van der Waals surface area contributed by atoms with Crippen LogP contribution >= 0.6 is 11.8 Å². The second-order valence-corrected chi connectivity index (χ2v) is 8.80. The molecule has 33 heavy (non-hydrogen) atoms. The summed E-state index contributed by atoms with van der Waals surface area (Å²) >= 11 is 1.79. The first kappa shape index (κ1) is 22.8. The Labute approximate surface area is 197 Å². The molecule has 4 rings (SSSR count). The smallest absolute Gasteiger partial charge is 0.302 e. The van der Waals surface area contributed by atoms with Crippen molar-refractivity contribution in [1.82, 2.24) is 9.97 Å². The van der Waals surface area contributed by atoms with Crippen LogP contribution in [-0.2, 0) is 9.53 Å². The number of nitrogens with zero attached hydrogens (tertiary/aromatic N) is 1. The van der Waals surface area contributed by atoms with Gasteiger partial charge in [-0.05, 0) is 89.9 Å². The number of rotatable bonds is 9. The van der Waals surface area contributed by atoms with Gasteiger partial charge in [-0.1, -0.05) is 12.1 Å². The Kier molecular flexibility index (Phi) is 7.58. The van der Waals surface area contributed by atoms with Crippen molar-refractivity contribution in [2.24, 2.45) is 0 Å². The average Bonchev–Trinajstić information content (AvgIpc) is 3.28. The van der Waals surface area contributed by atoms with Crippen LogP contribution in [0.5, 0.6) is 0 Å². The molecule has 0 unspecified atom stereocenters. The summed E-state index contributed by atoms with van der Waals surface area (Å²) in [5.74, 6) is 0.497. The lowest BCUT2D eigenvalue weighted by atomic mass is 10.0. The van der Waals surface area contributed by atoms with Gasteiger partial charge in [0.15, 0.2) is 0 Å². The van der Waals surface area contributed by atoms with E-state index in [4.69, 9.17) is 4.74 Å². The molecule has 0 saturated heterocycles. The van der Waals surface area contributed by atoms with Gasteiger partial charge in [0.1, 0.15) is 5.82 Å². The summed E-state index contributed by atoms with van der Waals surface area (Å²) in [7, 11) is 0. The number of benzene rings is 2. The van der Waals surface area contributed by atoms with Crippen molar-refractivity contribution in [2.75, 3.05) is 12.4 Å². The highest BCUT2D eigenvalue weighted by Gasteiger charge is 2.13. The van der Waals surface area contributed by atoms with Gasteiger partial charge < -0.3 is 9.72 Å². The summed E-state index contributed by atoms with van der Waals surface area (Å²) in [5, 5.41) is 0. The van der Waals surface area contributed by atoms with Crippen LogP contribution in [-0.4, -0.2) is 28.3 Å². The fraction of sp³-hybridized carbons (Fsp3) is 0.185. The van der Waals surface area contributed by atoms with E-state index in [0.717, 1.165) is 52.2 Å². The van der Waals surface area contributed by atoms with Gasteiger partial charge in [-0.15, -0.1) is 11.8 Å². The molecular weight excluding hydrogens is 435 g/mol. The van der Waals surface area contributed by atoms with E-state index >= 15 is 0 Å². The molecule has 0 fully saturated rings. The molecule has 4 nitrogen and oxygen atoms in total. The molecule has 2 aromatic carbocycles. The van der Waals surface area contributed by atoms with Crippen LogP contribution in [0.2, 0.25) is 0 Å². The molecule has 2 heterocycles. The molecular formula is C27H25FN2O2S. The standard InChI is InChI=1S/C27H25FN2O2S/c1-19(31)32-16-2-3-17-33-24-10-6-21(7-11-24)26-18-25(20-12-14-29-15-13-20)27(30-26)22-4-8-23(28)9-5-22/h4-15,18,30H,2-3,16-17H2,1H3. The van der Waals surface area contributed by atoms with Gasteiger partial charge in [-0.2, -0.15) is 0 Å². The molecule has 0 saturated carbocycles. The lowest BCUT2D eigenvalue weighted by Crippen LogP contribution is -2.00. The first-order valence-corrected chi connectivity index (χ1v) is 11.8. The van der Waals surface area contributed by atoms with Crippen molar-refractivity contribution >= 4 is 17.7 Å². The van der Waals surface area contributed by atoms with Gasteiger partial charge in [-0.25, -0.2) is 4.39 Å². The number of halogens is 1. The molecule has 0 spiro atoms. The Morgan fingerprint density at radius 1 is 0.939 bits per heavy atom. The van der Waals surface area contributed by atoms with Gasteiger partial charge in [-0.3, -0.25) is 9.78 Å². The molecule has 1 N–H and O–H groups in total. The summed E-state index contributed by atoms with van der Waals surface area (Å²) in [4.78, 5) is 19.7. The predicted molar refractivity (Wildman–Crippen MR) is 131 cm³/mol. The van der Waals surface area contributed by atoms with E-state index < -0.39 is 0 Å². The van der Waals surface area contributed by atoms with Crippen LogP contribution in [0, 0.1) is 5.82 Å². The van der Waals surface area contributed by atoms with Crippen LogP contribution in [0.4, 0.5) is 4.39 Å². The minimum Gasteiger partial charge on any atom is -0.466 e. The Balaban J connectivity index is 1.50. The van der Waals surface area contributed by atoms with E-state index in [-0.39, 0.29) is 11.8 Å². The summed E-state index contributed by atoms with van der Waals surface area (Å²) in [5.41, 5.74) is 6.05. The monoisotopic (exact) mass is 460 g/mol. The first-order valence-electron chi connectivity index (χ1n) is 10.9. The Hall–Kier alpha value is -3.38. The SMILES string of the molecule is CC(=O)OCCCCSc1ccc(-c2cc(-c3ccncc3)c(-c3ccc(F)cc3)[nH]2)cc1. The third-order valence-electron chi connectivity index (χ3n) is 5.22. The highest BCUT2D eigenvalue weighted by molar-refractivity contribution is 7.99. The van der Waals surface area contributed by atoms with Crippen LogP contribution in [0.1, 0.15) is 19.8 Å². The average molecular weight is 461 g/mol. The molecule has 0 radical (unpaired) electrons. The van der Waals surface area contributed by atoms with Crippen molar-refractivity contribution in [3.8, 4) is 33.6 Å². The van der Waals surface area contributed by atoms with E-state index in [1.54, 1.807) is 36.3 Å². The number of esters is 1. The molecule has 2 aromatic heterocycles. The fourth-order valence-corrected chi connectivity index (χ4v) is 4.47. The van der Waals surface area contributed by atoms with Crippen molar-refractivity contribution in [2.45, 2.75) is 24.7 Å². The lowest BCUT2D eigenvalue weighted by Gasteiger charge is -2.05. The maximum Gasteiger partial charge on any atom is 0.302 e. The van der Waals surface area contributed by atoms with Gasteiger partial charge in [0.25, 0.3) is 0 Å². The number of H-pyrrole nitrogens is 1. The number of hydrogen-bond acceptors (Lipinski definition) is 4. The van der Waals surface area contributed by atoms with Gasteiger partial charge in [0.2, 0.25) is 0 Å². The highest BCUT2D eigenvalue weighted by atomic mass is 32.2. The normalized spacial score (nSPS) is 10.8. The minimum atomic E-state index is -0.254. The molecule has 0 amide bonds. The number of thioether (sulfide) groups is 1. The maximum absolute atomic E-state index is 13.5. The van der Waals surface area contributed by atoms with Crippen LogP contribution < -0.4 is 0 Å². The summed E-state index contributed by atoms with van der Waals surface area (Å²) in [6.07, 6.45) is 5.41. The third-order valence-corrected chi connectivity index (χ3v) is 6.32. The van der Waals surface area contributed by atoms with Gasteiger partial charge in [0, 0.05) is 35.5 Å². The largest absolute Gasteiger partial charge is 0.466 e. The number of unbranched alkanes of at least 4 members (excludes halogenated alkanes) is 1. The first-order chi connectivity index (χ1) is 16.1.